The number of rotatable bonds is 6. The molecule has 0 aromatic rings. The van der Waals surface area contributed by atoms with E-state index in [1.54, 1.807) is 0 Å². The fourth-order valence-electron chi connectivity index (χ4n) is 5.07. The van der Waals surface area contributed by atoms with Gasteiger partial charge >= 0.3 is 11.2 Å². The molecule has 5 aliphatic rings. The first-order valence-electron chi connectivity index (χ1n) is 8.54. The van der Waals surface area contributed by atoms with Crippen LogP contribution in [0.4, 0.5) is 8.78 Å². The van der Waals surface area contributed by atoms with Crippen LogP contribution in [0.3, 0.4) is 0 Å². The normalized spacial score (nSPS) is 42.4. The Morgan fingerprint density at radius 3 is 2.56 bits per heavy atom. The van der Waals surface area contributed by atoms with Gasteiger partial charge in [-0.2, -0.15) is 8.78 Å². The molecule has 1 saturated heterocycles. The summed E-state index contributed by atoms with van der Waals surface area (Å²) in [7, 11) is -6.05. The quantitative estimate of drug-likeness (QED) is 0.530. The molecule has 25 heavy (non-hydrogen) atoms. The van der Waals surface area contributed by atoms with E-state index < -0.39 is 27.3 Å². The molecule has 5 rings (SSSR count). The van der Waals surface area contributed by atoms with Crippen LogP contribution in [-0.4, -0.2) is 55.6 Å². The highest BCUT2D eigenvalue weighted by Crippen LogP contribution is 2.55. The lowest BCUT2D eigenvalue weighted by molar-refractivity contribution is -0.156. The van der Waals surface area contributed by atoms with Gasteiger partial charge in [0, 0.05) is 12.0 Å². The average Bonchev–Trinajstić information content (AvgIpc) is 3.32. The maximum atomic E-state index is 13.5. The summed E-state index contributed by atoms with van der Waals surface area (Å²) in [6, 6.07) is -0.585. The van der Waals surface area contributed by atoms with E-state index in [1.165, 1.54) is 0 Å². The van der Waals surface area contributed by atoms with Crippen molar-refractivity contribution in [3.8, 4) is 0 Å². The summed E-state index contributed by atoms with van der Waals surface area (Å²) in [6.45, 7) is 1.10. The van der Waals surface area contributed by atoms with Crippen LogP contribution in [-0.2, 0) is 24.4 Å². The van der Waals surface area contributed by atoms with E-state index in [0.29, 0.717) is 25.0 Å². The lowest BCUT2D eigenvalue weighted by Gasteiger charge is -2.58. The summed E-state index contributed by atoms with van der Waals surface area (Å²) in [5.74, 6) is -1.32. The standard InChI is InChI=1S/C15H21F2NO6S/c16-15(17,25(20,21)22)14(19)18-12-8-1-7-2-9(4-8)13(11(12)3-7)24-6-10-5-23-10/h7-13H,1-6H2,(H,18,19)(H,20,21,22)/p-1. The van der Waals surface area contributed by atoms with Crippen LogP contribution in [0.1, 0.15) is 25.7 Å². The first-order valence-corrected chi connectivity index (χ1v) is 9.95. The predicted molar refractivity (Wildman–Crippen MR) is 78.5 cm³/mol. The molecule has 0 spiro atoms. The van der Waals surface area contributed by atoms with Crippen LogP contribution in [0.2, 0.25) is 0 Å². The molecule has 0 radical (unpaired) electrons. The summed E-state index contributed by atoms with van der Waals surface area (Å²) >= 11 is 0. The number of hydrogen-bond donors (Lipinski definition) is 1. The van der Waals surface area contributed by atoms with Gasteiger partial charge in [0.1, 0.15) is 6.10 Å². The SMILES string of the molecule is O=C(NC1C2CC3CC(C2)C(OCC2CO2)C1C3)C(F)(F)S(=O)(=O)[O-]. The maximum Gasteiger partial charge on any atom is 0.410 e. The molecule has 142 valence electrons. The predicted octanol–water partition coefficient (Wildman–Crippen LogP) is 0.459. The smallest absolute Gasteiger partial charge is 0.410 e. The van der Waals surface area contributed by atoms with Crippen molar-refractivity contribution in [1.29, 1.82) is 0 Å². The van der Waals surface area contributed by atoms with Gasteiger partial charge in [0.2, 0.25) is 0 Å². The summed E-state index contributed by atoms with van der Waals surface area (Å²) in [5, 5.41) is -2.80. The van der Waals surface area contributed by atoms with Crippen molar-refractivity contribution in [2.45, 2.75) is 49.2 Å². The number of amides is 1. The third-order valence-corrected chi connectivity index (χ3v) is 6.91. The largest absolute Gasteiger partial charge is 0.743 e. The Hall–Kier alpha value is -0.840. The van der Waals surface area contributed by atoms with E-state index in [9.17, 15) is 26.5 Å². The van der Waals surface area contributed by atoms with Crippen LogP contribution >= 0.6 is 0 Å². The van der Waals surface area contributed by atoms with Gasteiger partial charge in [-0.3, -0.25) is 4.79 Å². The molecule has 10 heteroatoms. The molecule has 0 aromatic carbocycles. The van der Waals surface area contributed by atoms with Crippen LogP contribution in [0.5, 0.6) is 0 Å². The molecule has 1 N–H and O–H groups in total. The highest BCUT2D eigenvalue weighted by Gasteiger charge is 2.56. The molecule has 4 bridgehead atoms. The zero-order valence-corrected chi connectivity index (χ0v) is 14.2. The second kappa shape index (κ2) is 5.83. The molecule has 7 atom stereocenters. The zero-order chi connectivity index (χ0) is 18.0. The fraction of sp³-hybridized carbons (Fsp3) is 0.933. The van der Waals surface area contributed by atoms with Gasteiger partial charge in [-0.25, -0.2) is 8.42 Å². The number of carbonyl (C=O) groups excluding carboxylic acids is 1. The first-order chi connectivity index (χ1) is 11.7. The highest BCUT2D eigenvalue weighted by molar-refractivity contribution is 7.87. The molecule has 4 saturated carbocycles. The minimum absolute atomic E-state index is 0.0219. The minimum Gasteiger partial charge on any atom is -0.743 e. The van der Waals surface area contributed by atoms with Crippen molar-refractivity contribution < 1.29 is 36.0 Å². The molecule has 7 nitrogen and oxygen atoms in total. The van der Waals surface area contributed by atoms with Gasteiger partial charge in [-0.15, -0.1) is 0 Å². The summed E-state index contributed by atoms with van der Waals surface area (Å²) in [4.78, 5) is 11.8. The number of carbonyl (C=O) groups is 1. The Labute approximate surface area is 144 Å². The van der Waals surface area contributed by atoms with Crippen molar-refractivity contribution in [2.24, 2.45) is 23.7 Å². The topological polar surface area (TPSA) is 108 Å². The summed E-state index contributed by atoms with van der Waals surface area (Å²) < 4.78 is 70.2. The Morgan fingerprint density at radius 2 is 1.92 bits per heavy atom. The summed E-state index contributed by atoms with van der Waals surface area (Å²) in [5.41, 5.74) is 0. The van der Waals surface area contributed by atoms with E-state index >= 15 is 0 Å². The minimum atomic E-state index is -6.05. The van der Waals surface area contributed by atoms with Gasteiger partial charge in [0.25, 0.3) is 0 Å². The summed E-state index contributed by atoms with van der Waals surface area (Å²) in [6.07, 6.45) is 3.30. The Morgan fingerprint density at radius 1 is 1.24 bits per heavy atom. The number of alkyl halides is 2. The van der Waals surface area contributed by atoms with E-state index in [4.69, 9.17) is 9.47 Å². The van der Waals surface area contributed by atoms with Crippen molar-refractivity contribution >= 4 is 16.0 Å². The highest BCUT2D eigenvalue weighted by atomic mass is 32.2. The Balaban J connectivity index is 1.49. The third-order valence-electron chi connectivity index (χ3n) is 6.09. The van der Waals surface area contributed by atoms with Crippen molar-refractivity contribution in [3.05, 3.63) is 0 Å². The number of nitrogens with one attached hydrogen (secondary N) is 1. The lowest BCUT2D eigenvalue weighted by Crippen LogP contribution is -2.64. The average molecular weight is 380 g/mol. The molecule has 5 fully saturated rings. The van der Waals surface area contributed by atoms with Crippen LogP contribution in [0, 0.1) is 23.7 Å². The van der Waals surface area contributed by atoms with E-state index in [1.807, 2.05) is 0 Å². The number of epoxide rings is 1. The van der Waals surface area contributed by atoms with Crippen molar-refractivity contribution in [3.63, 3.8) is 0 Å². The molecular weight excluding hydrogens is 360 g/mol. The zero-order valence-electron chi connectivity index (χ0n) is 13.4. The van der Waals surface area contributed by atoms with E-state index in [0.717, 1.165) is 25.7 Å². The number of ether oxygens (including phenoxy) is 2. The first kappa shape index (κ1) is 17.6. The molecule has 1 heterocycles. The molecule has 1 amide bonds. The number of halogens is 2. The number of hydrogen-bond acceptors (Lipinski definition) is 6. The third kappa shape index (κ3) is 3.07. The van der Waals surface area contributed by atoms with Crippen LogP contribution in [0.15, 0.2) is 0 Å². The molecule has 1 aliphatic heterocycles. The second-order valence-electron chi connectivity index (χ2n) is 7.72. The van der Waals surface area contributed by atoms with Gasteiger partial charge < -0.3 is 19.3 Å². The van der Waals surface area contributed by atoms with E-state index in [2.05, 4.69) is 5.32 Å². The monoisotopic (exact) mass is 380 g/mol. The van der Waals surface area contributed by atoms with Gasteiger partial charge in [-0.1, -0.05) is 0 Å². The molecule has 7 unspecified atom stereocenters. The Kier molecular flexibility index (Phi) is 4.10. The fourth-order valence-corrected chi connectivity index (χ4v) is 5.36. The van der Waals surface area contributed by atoms with E-state index in [-0.39, 0.29) is 24.0 Å². The van der Waals surface area contributed by atoms with Gasteiger partial charge in [0.15, 0.2) is 10.1 Å². The molecule has 0 aromatic heterocycles. The van der Waals surface area contributed by atoms with Crippen LogP contribution < -0.4 is 5.32 Å². The van der Waals surface area contributed by atoms with Crippen molar-refractivity contribution in [2.75, 3.05) is 13.2 Å². The molecular formula is C15H20F2NO6S-. The maximum absolute atomic E-state index is 13.5. The second-order valence-corrected chi connectivity index (χ2v) is 9.14. The Bertz CT molecular complexity index is 667. The van der Waals surface area contributed by atoms with Gasteiger partial charge in [-0.05, 0) is 43.4 Å². The molecule has 4 aliphatic carbocycles. The van der Waals surface area contributed by atoms with Gasteiger partial charge in [0.05, 0.1) is 19.3 Å². The van der Waals surface area contributed by atoms with Crippen molar-refractivity contribution in [1.82, 2.24) is 5.32 Å². The lowest BCUT2D eigenvalue weighted by atomic mass is 9.52. The van der Waals surface area contributed by atoms with Crippen LogP contribution in [0.25, 0.3) is 0 Å².